The average Bonchev–Trinajstić information content (AvgIpc) is 2.82. The molecule has 0 aliphatic carbocycles. The molecule has 0 fully saturated rings. The minimum absolute atomic E-state index is 0.0448. The van der Waals surface area contributed by atoms with Gasteiger partial charge >= 0.3 is 0 Å². The lowest BCUT2D eigenvalue weighted by molar-refractivity contribution is 0.102. The van der Waals surface area contributed by atoms with Crippen molar-refractivity contribution in [1.29, 1.82) is 0 Å². The third-order valence-electron chi connectivity index (χ3n) is 3.49. The highest BCUT2D eigenvalue weighted by Gasteiger charge is 2.12. The fourth-order valence-corrected chi connectivity index (χ4v) is 3.82. The zero-order valence-corrected chi connectivity index (χ0v) is 15.8. The van der Waals surface area contributed by atoms with Crippen molar-refractivity contribution in [2.24, 2.45) is 4.99 Å². The van der Waals surface area contributed by atoms with Crippen molar-refractivity contribution in [1.82, 2.24) is 9.29 Å². The van der Waals surface area contributed by atoms with Crippen molar-refractivity contribution in [3.63, 3.8) is 0 Å². The Morgan fingerprint density at radius 1 is 1.29 bits per heavy atom. The standard InChI is InChI=1S/C16H21N3O3S2/c1-5-19-11(2)15(12(3)20)23-16(19)18-14-8-6-13(7-9-14)10-17-24(4,21)22/h6-9,17H,5,10H2,1-4H3. The molecule has 0 atom stereocenters. The number of nitrogens with zero attached hydrogens (tertiary/aromatic N) is 2. The summed E-state index contributed by atoms with van der Waals surface area (Å²) in [5.41, 5.74) is 2.55. The predicted octanol–water partition coefficient (Wildman–Crippen LogP) is 2.36. The van der Waals surface area contributed by atoms with Crippen molar-refractivity contribution in [3.05, 3.63) is 45.2 Å². The summed E-state index contributed by atoms with van der Waals surface area (Å²) >= 11 is 1.39. The largest absolute Gasteiger partial charge is 0.321 e. The summed E-state index contributed by atoms with van der Waals surface area (Å²) in [4.78, 5) is 17.8. The van der Waals surface area contributed by atoms with E-state index in [1.54, 1.807) is 6.92 Å². The summed E-state index contributed by atoms with van der Waals surface area (Å²) in [5, 5.41) is 0. The molecular weight excluding hydrogens is 346 g/mol. The summed E-state index contributed by atoms with van der Waals surface area (Å²) in [5.74, 6) is 0.0448. The number of sulfonamides is 1. The highest BCUT2D eigenvalue weighted by molar-refractivity contribution is 7.88. The predicted molar refractivity (Wildman–Crippen MR) is 96.1 cm³/mol. The van der Waals surface area contributed by atoms with Crippen LogP contribution in [-0.4, -0.2) is 25.0 Å². The molecule has 0 amide bonds. The van der Waals surface area contributed by atoms with E-state index in [-0.39, 0.29) is 12.3 Å². The molecule has 1 N–H and O–H groups in total. The number of hydrogen-bond donors (Lipinski definition) is 1. The van der Waals surface area contributed by atoms with Crippen LogP contribution in [0.3, 0.4) is 0 Å². The molecule has 6 nitrogen and oxygen atoms in total. The van der Waals surface area contributed by atoms with Crippen molar-refractivity contribution >= 4 is 32.8 Å². The molecule has 2 aromatic rings. The van der Waals surface area contributed by atoms with Gasteiger partial charge < -0.3 is 4.57 Å². The maximum absolute atomic E-state index is 11.7. The zero-order chi connectivity index (χ0) is 17.9. The first-order chi connectivity index (χ1) is 11.2. The van der Waals surface area contributed by atoms with E-state index in [9.17, 15) is 13.2 Å². The highest BCUT2D eigenvalue weighted by atomic mass is 32.2. The molecule has 0 aliphatic heterocycles. The zero-order valence-electron chi connectivity index (χ0n) is 14.2. The number of carbonyl (C=O) groups excluding carboxylic acids is 1. The van der Waals surface area contributed by atoms with Crippen molar-refractivity contribution < 1.29 is 13.2 Å². The number of thiazole rings is 1. The van der Waals surface area contributed by atoms with Gasteiger partial charge in [-0.05, 0) is 31.5 Å². The van der Waals surface area contributed by atoms with Crippen LogP contribution in [0.25, 0.3) is 0 Å². The molecule has 1 heterocycles. The van der Waals surface area contributed by atoms with Crippen LogP contribution in [-0.2, 0) is 23.1 Å². The van der Waals surface area contributed by atoms with Gasteiger partial charge in [-0.25, -0.2) is 18.1 Å². The Balaban J connectivity index is 2.32. The molecule has 24 heavy (non-hydrogen) atoms. The molecule has 0 unspecified atom stereocenters. The van der Waals surface area contributed by atoms with Crippen molar-refractivity contribution in [2.75, 3.05) is 6.26 Å². The number of hydrogen-bond acceptors (Lipinski definition) is 5. The number of Topliss-reactive ketones (excluding diaryl/α,β-unsaturated/α-hetero) is 1. The minimum atomic E-state index is -3.21. The van der Waals surface area contributed by atoms with E-state index in [0.29, 0.717) is 0 Å². The normalized spacial score (nSPS) is 12.6. The van der Waals surface area contributed by atoms with Crippen LogP contribution in [0.1, 0.15) is 34.8 Å². The van der Waals surface area contributed by atoms with Crippen LogP contribution in [0.5, 0.6) is 0 Å². The maximum Gasteiger partial charge on any atom is 0.209 e. The van der Waals surface area contributed by atoms with Gasteiger partial charge in [0, 0.05) is 25.7 Å². The fourth-order valence-electron chi connectivity index (χ4n) is 2.28. The number of nitrogens with one attached hydrogen (secondary N) is 1. The third kappa shape index (κ3) is 4.62. The van der Waals surface area contributed by atoms with Crippen LogP contribution in [0.4, 0.5) is 5.69 Å². The first-order valence-electron chi connectivity index (χ1n) is 7.50. The lowest BCUT2D eigenvalue weighted by atomic mass is 10.2. The van der Waals surface area contributed by atoms with Gasteiger partial charge in [0.15, 0.2) is 10.6 Å². The molecular formula is C16H21N3O3S2. The molecule has 130 valence electrons. The lowest BCUT2D eigenvalue weighted by Gasteiger charge is -2.03. The maximum atomic E-state index is 11.7. The summed E-state index contributed by atoms with van der Waals surface area (Å²) in [6, 6.07) is 7.34. The topological polar surface area (TPSA) is 80.5 Å². The van der Waals surface area contributed by atoms with Gasteiger partial charge in [-0.2, -0.15) is 0 Å². The highest BCUT2D eigenvalue weighted by Crippen LogP contribution is 2.16. The summed E-state index contributed by atoms with van der Waals surface area (Å²) in [6.07, 6.45) is 1.13. The number of rotatable bonds is 6. The molecule has 0 saturated carbocycles. The van der Waals surface area contributed by atoms with Crippen LogP contribution in [0.2, 0.25) is 0 Å². The van der Waals surface area contributed by atoms with E-state index in [0.717, 1.165) is 39.4 Å². The van der Waals surface area contributed by atoms with Crippen LogP contribution >= 0.6 is 11.3 Å². The molecule has 0 radical (unpaired) electrons. The van der Waals surface area contributed by atoms with Gasteiger partial charge in [0.05, 0.1) is 16.8 Å². The molecule has 1 aromatic carbocycles. The van der Waals surface area contributed by atoms with Crippen molar-refractivity contribution in [2.45, 2.75) is 33.9 Å². The quantitative estimate of drug-likeness (QED) is 0.796. The average molecular weight is 367 g/mol. The first kappa shape index (κ1) is 18.6. The third-order valence-corrected chi connectivity index (χ3v) is 5.44. The number of benzene rings is 1. The second kappa shape index (κ2) is 7.42. The Kier molecular flexibility index (Phi) is 5.74. The number of ketones is 1. The van der Waals surface area contributed by atoms with Crippen molar-refractivity contribution in [3.8, 4) is 0 Å². The molecule has 2 rings (SSSR count). The van der Waals surface area contributed by atoms with Gasteiger partial charge in [-0.1, -0.05) is 23.5 Å². The molecule has 0 aliphatic rings. The molecule has 0 spiro atoms. The monoisotopic (exact) mass is 367 g/mol. The first-order valence-corrected chi connectivity index (χ1v) is 10.2. The smallest absolute Gasteiger partial charge is 0.209 e. The lowest BCUT2D eigenvalue weighted by Crippen LogP contribution is -2.21. The fraction of sp³-hybridized carbons (Fsp3) is 0.375. The Hall–Kier alpha value is -1.77. The minimum Gasteiger partial charge on any atom is -0.321 e. The van der Waals surface area contributed by atoms with Crippen LogP contribution < -0.4 is 9.52 Å². The second-order valence-corrected chi connectivity index (χ2v) is 8.28. The Morgan fingerprint density at radius 3 is 2.42 bits per heavy atom. The Bertz CT molecular complexity index is 907. The molecule has 1 aromatic heterocycles. The number of carbonyl (C=O) groups is 1. The van der Waals surface area contributed by atoms with E-state index in [4.69, 9.17) is 0 Å². The van der Waals surface area contributed by atoms with E-state index < -0.39 is 10.0 Å². The molecule has 0 saturated heterocycles. The van der Waals surface area contributed by atoms with Gasteiger partial charge in [-0.3, -0.25) is 4.79 Å². The van der Waals surface area contributed by atoms with Gasteiger partial charge in [0.25, 0.3) is 0 Å². The van der Waals surface area contributed by atoms with E-state index in [2.05, 4.69) is 9.71 Å². The second-order valence-electron chi connectivity index (χ2n) is 5.47. The molecule has 8 heteroatoms. The van der Waals surface area contributed by atoms with E-state index in [1.165, 1.54) is 11.3 Å². The molecule has 0 bridgehead atoms. The Morgan fingerprint density at radius 2 is 1.92 bits per heavy atom. The van der Waals surface area contributed by atoms with E-state index in [1.807, 2.05) is 42.7 Å². The Labute approximate surface area is 145 Å². The summed E-state index contributed by atoms with van der Waals surface area (Å²) in [7, 11) is -3.21. The van der Waals surface area contributed by atoms with Crippen LogP contribution in [0, 0.1) is 6.92 Å². The number of aromatic nitrogens is 1. The SMILES string of the molecule is CCn1c(C)c(C(C)=O)sc1=Nc1ccc(CNS(C)(=O)=O)cc1. The van der Waals surface area contributed by atoms with E-state index >= 15 is 0 Å². The van der Waals surface area contributed by atoms with Gasteiger partial charge in [0.2, 0.25) is 10.0 Å². The van der Waals surface area contributed by atoms with Crippen LogP contribution in [0.15, 0.2) is 29.3 Å². The summed E-state index contributed by atoms with van der Waals surface area (Å²) in [6.45, 7) is 6.50. The van der Waals surface area contributed by atoms with Gasteiger partial charge in [-0.15, -0.1) is 0 Å². The van der Waals surface area contributed by atoms with Gasteiger partial charge in [0.1, 0.15) is 0 Å². The summed E-state index contributed by atoms with van der Waals surface area (Å²) < 4.78 is 26.7.